The fraction of sp³-hybridized carbons (Fsp3) is 0.0625. The molecule has 2 N–H and O–H groups in total. The zero-order valence-electron chi connectivity index (χ0n) is 11.1. The minimum absolute atomic E-state index is 0.564. The number of fused-ring (bicyclic) bond motifs is 1. The maximum Gasteiger partial charge on any atom is 0.0595 e. The van der Waals surface area contributed by atoms with Crippen LogP contribution < -0.4 is 5.84 Å². The van der Waals surface area contributed by atoms with Gasteiger partial charge in [-0.2, -0.15) is 5.10 Å². The van der Waals surface area contributed by atoms with E-state index >= 15 is 0 Å². The first-order chi connectivity index (χ1) is 10.2. The molecule has 0 aliphatic rings. The van der Waals surface area contributed by atoms with E-state index in [0.29, 0.717) is 16.6 Å². The number of benzene rings is 2. The van der Waals surface area contributed by atoms with Gasteiger partial charge in [0.1, 0.15) is 0 Å². The van der Waals surface area contributed by atoms with Crippen molar-refractivity contribution >= 4 is 40.3 Å². The van der Waals surface area contributed by atoms with Gasteiger partial charge >= 0.3 is 0 Å². The Bertz CT molecular complexity index is 822. The highest BCUT2D eigenvalue weighted by Gasteiger charge is 2.08. The fourth-order valence-corrected chi connectivity index (χ4v) is 2.74. The zero-order valence-corrected chi connectivity index (χ0v) is 12.6. The molecule has 0 saturated heterocycles. The first-order valence-corrected chi connectivity index (χ1v) is 7.19. The van der Waals surface area contributed by atoms with Gasteiger partial charge in [0.25, 0.3) is 0 Å². The molecule has 3 aromatic rings. The van der Waals surface area contributed by atoms with E-state index in [-0.39, 0.29) is 0 Å². The average molecular weight is 318 g/mol. The Hall–Kier alpha value is -1.97. The van der Waals surface area contributed by atoms with E-state index < -0.39 is 0 Å². The molecule has 0 bridgehead atoms. The standard InChI is InChI=1S/C16H13Cl2N3/c17-14-6-5-11(7-15(14)18)9-21-10-12(8-20-19)13-3-1-2-4-16(13)21/h1-8,10H,9,19H2. The first kappa shape index (κ1) is 14.0. The summed E-state index contributed by atoms with van der Waals surface area (Å²) in [7, 11) is 0. The Morgan fingerprint density at radius 2 is 1.90 bits per heavy atom. The van der Waals surface area contributed by atoms with E-state index in [4.69, 9.17) is 29.0 Å². The van der Waals surface area contributed by atoms with Gasteiger partial charge in [0.15, 0.2) is 0 Å². The lowest BCUT2D eigenvalue weighted by atomic mass is 10.2. The molecule has 0 unspecified atom stereocenters. The summed E-state index contributed by atoms with van der Waals surface area (Å²) in [4.78, 5) is 0. The molecule has 0 radical (unpaired) electrons. The summed E-state index contributed by atoms with van der Waals surface area (Å²) in [5.41, 5.74) is 3.20. The number of hydrogen-bond donors (Lipinski definition) is 1. The maximum atomic E-state index is 6.07. The summed E-state index contributed by atoms with van der Waals surface area (Å²) in [5, 5.41) is 5.87. The second kappa shape index (κ2) is 5.80. The third-order valence-electron chi connectivity index (χ3n) is 3.37. The Labute approximate surface area is 132 Å². The molecular weight excluding hydrogens is 305 g/mol. The number of aromatic nitrogens is 1. The Morgan fingerprint density at radius 3 is 2.67 bits per heavy atom. The van der Waals surface area contributed by atoms with E-state index in [9.17, 15) is 0 Å². The number of para-hydroxylation sites is 1. The van der Waals surface area contributed by atoms with E-state index in [2.05, 4.69) is 21.8 Å². The highest BCUT2D eigenvalue weighted by Crippen LogP contribution is 2.25. The van der Waals surface area contributed by atoms with Gasteiger partial charge in [-0.05, 0) is 23.8 Å². The van der Waals surface area contributed by atoms with Crippen LogP contribution in [0.4, 0.5) is 0 Å². The minimum atomic E-state index is 0.564. The molecule has 5 heteroatoms. The van der Waals surface area contributed by atoms with Gasteiger partial charge in [-0.1, -0.05) is 47.5 Å². The van der Waals surface area contributed by atoms with Crippen molar-refractivity contribution in [1.29, 1.82) is 0 Å². The van der Waals surface area contributed by atoms with Gasteiger partial charge < -0.3 is 10.4 Å². The topological polar surface area (TPSA) is 43.3 Å². The monoisotopic (exact) mass is 317 g/mol. The fourth-order valence-electron chi connectivity index (χ4n) is 2.42. The van der Waals surface area contributed by atoms with Crippen molar-refractivity contribution in [2.24, 2.45) is 10.9 Å². The molecule has 0 fully saturated rings. The van der Waals surface area contributed by atoms with Crippen LogP contribution in [0.1, 0.15) is 11.1 Å². The predicted octanol–water partition coefficient (Wildman–Crippen LogP) is 4.29. The number of rotatable bonds is 3. The van der Waals surface area contributed by atoms with Crippen molar-refractivity contribution in [3.05, 3.63) is 69.8 Å². The van der Waals surface area contributed by atoms with Gasteiger partial charge in [0, 0.05) is 29.2 Å². The molecule has 3 rings (SSSR count). The molecular formula is C16H13Cl2N3. The maximum absolute atomic E-state index is 6.07. The first-order valence-electron chi connectivity index (χ1n) is 6.44. The lowest BCUT2D eigenvalue weighted by molar-refractivity contribution is 0.836. The van der Waals surface area contributed by atoms with E-state index in [1.807, 2.05) is 36.5 Å². The van der Waals surface area contributed by atoms with Crippen molar-refractivity contribution in [2.45, 2.75) is 6.54 Å². The molecule has 2 aromatic carbocycles. The van der Waals surface area contributed by atoms with Crippen LogP contribution in [0.5, 0.6) is 0 Å². The summed E-state index contributed by atoms with van der Waals surface area (Å²) >= 11 is 12.0. The third-order valence-corrected chi connectivity index (χ3v) is 4.11. The Morgan fingerprint density at radius 1 is 1.10 bits per heavy atom. The number of halogens is 2. The van der Waals surface area contributed by atoms with Gasteiger partial charge in [0.2, 0.25) is 0 Å². The number of nitrogens with two attached hydrogens (primary N) is 1. The molecule has 0 spiro atoms. The normalized spacial score (nSPS) is 11.5. The van der Waals surface area contributed by atoms with Crippen LogP contribution in [0, 0.1) is 0 Å². The van der Waals surface area contributed by atoms with Gasteiger partial charge in [-0.3, -0.25) is 0 Å². The van der Waals surface area contributed by atoms with Crippen LogP contribution in [0.25, 0.3) is 10.9 Å². The average Bonchev–Trinajstić information content (AvgIpc) is 2.82. The number of hydrogen-bond acceptors (Lipinski definition) is 2. The SMILES string of the molecule is NN=Cc1cn(Cc2ccc(Cl)c(Cl)c2)c2ccccc12. The minimum Gasteiger partial charge on any atom is -0.342 e. The van der Waals surface area contributed by atoms with Crippen LogP contribution >= 0.6 is 23.2 Å². The molecule has 106 valence electrons. The Kier molecular flexibility index (Phi) is 3.86. The van der Waals surface area contributed by atoms with E-state index in [1.165, 1.54) is 0 Å². The van der Waals surface area contributed by atoms with Crippen LogP contribution in [0.2, 0.25) is 10.0 Å². The molecule has 0 saturated carbocycles. The quantitative estimate of drug-likeness (QED) is 0.437. The highest BCUT2D eigenvalue weighted by molar-refractivity contribution is 6.42. The molecule has 0 aliphatic carbocycles. The zero-order chi connectivity index (χ0) is 14.8. The molecule has 1 aromatic heterocycles. The second-order valence-electron chi connectivity index (χ2n) is 4.76. The second-order valence-corrected chi connectivity index (χ2v) is 5.57. The highest BCUT2D eigenvalue weighted by atomic mass is 35.5. The predicted molar refractivity (Wildman–Crippen MR) is 89.3 cm³/mol. The van der Waals surface area contributed by atoms with Crippen molar-refractivity contribution in [3.8, 4) is 0 Å². The summed E-state index contributed by atoms with van der Waals surface area (Å²) < 4.78 is 2.14. The molecule has 0 atom stereocenters. The van der Waals surface area contributed by atoms with E-state index in [1.54, 1.807) is 6.21 Å². The van der Waals surface area contributed by atoms with Crippen LogP contribution in [0.3, 0.4) is 0 Å². The van der Waals surface area contributed by atoms with Crippen molar-refractivity contribution < 1.29 is 0 Å². The molecule has 1 heterocycles. The van der Waals surface area contributed by atoms with Crippen LogP contribution in [-0.4, -0.2) is 10.8 Å². The summed E-state index contributed by atoms with van der Waals surface area (Å²) in [5.74, 6) is 5.28. The molecule has 0 aliphatic heterocycles. The van der Waals surface area contributed by atoms with Gasteiger partial charge in [0.05, 0.1) is 16.3 Å². The van der Waals surface area contributed by atoms with Crippen molar-refractivity contribution in [2.75, 3.05) is 0 Å². The summed E-state index contributed by atoms with van der Waals surface area (Å²) in [6.45, 7) is 0.704. The van der Waals surface area contributed by atoms with Gasteiger partial charge in [-0.15, -0.1) is 0 Å². The summed E-state index contributed by atoms with van der Waals surface area (Å²) in [6.07, 6.45) is 3.69. The number of hydrazone groups is 1. The Balaban J connectivity index is 2.06. The van der Waals surface area contributed by atoms with E-state index in [0.717, 1.165) is 22.0 Å². The lowest BCUT2D eigenvalue weighted by Crippen LogP contribution is -1.97. The molecule has 3 nitrogen and oxygen atoms in total. The summed E-state index contributed by atoms with van der Waals surface area (Å²) in [6, 6.07) is 13.8. The largest absolute Gasteiger partial charge is 0.342 e. The molecule has 0 amide bonds. The van der Waals surface area contributed by atoms with Crippen LogP contribution in [-0.2, 0) is 6.54 Å². The smallest absolute Gasteiger partial charge is 0.0595 e. The molecule has 21 heavy (non-hydrogen) atoms. The van der Waals surface area contributed by atoms with Crippen molar-refractivity contribution in [1.82, 2.24) is 4.57 Å². The van der Waals surface area contributed by atoms with Crippen LogP contribution in [0.15, 0.2) is 53.8 Å². The lowest BCUT2D eigenvalue weighted by Gasteiger charge is -2.06. The van der Waals surface area contributed by atoms with Gasteiger partial charge in [-0.25, -0.2) is 0 Å². The van der Waals surface area contributed by atoms with Crippen molar-refractivity contribution in [3.63, 3.8) is 0 Å². The third kappa shape index (κ3) is 2.75. The number of nitrogens with zero attached hydrogens (tertiary/aromatic N) is 2.